The molecule has 0 N–H and O–H groups in total. The second-order valence-corrected chi connectivity index (χ2v) is 9.42. The molecule has 0 bridgehead atoms. The van der Waals surface area contributed by atoms with E-state index in [-0.39, 0.29) is 11.5 Å². The molecule has 0 aliphatic carbocycles. The third kappa shape index (κ3) is 4.18. The highest BCUT2D eigenvalue weighted by Gasteiger charge is 2.21. The van der Waals surface area contributed by atoms with Crippen LogP contribution in [0.4, 0.5) is 0 Å². The van der Waals surface area contributed by atoms with Gasteiger partial charge in [0.2, 0.25) is 0 Å². The van der Waals surface area contributed by atoms with Crippen LogP contribution in [-0.4, -0.2) is 21.6 Å². The smallest absolute Gasteiger partial charge is 0.162 e. The zero-order chi connectivity index (χ0) is 18.2. The van der Waals surface area contributed by atoms with Crippen molar-refractivity contribution in [3.05, 3.63) is 56.6 Å². The van der Waals surface area contributed by atoms with Crippen molar-refractivity contribution in [3.8, 4) is 11.5 Å². The summed E-state index contributed by atoms with van der Waals surface area (Å²) in [5.41, 5.74) is 4.75. The molecule has 2 aromatic rings. The number of rotatable bonds is 4. The molecule has 134 valence electrons. The third-order valence-corrected chi connectivity index (χ3v) is 6.51. The lowest BCUT2D eigenvalue weighted by molar-refractivity contribution is 0.171. The van der Waals surface area contributed by atoms with Crippen LogP contribution < -0.4 is 9.47 Å². The van der Waals surface area contributed by atoms with Crippen LogP contribution >= 0.6 is 15.9 Å². The lowest BCUT2D eigenvalue weighted by Crippen LogP contribution is -2.16. The van der Waals surface area contributed by atoms with E-state index in [1.54, 1.807) is 12.1 Å². The number of fused-ring (bicyclic) bond motifs is 1. The number of halogens is 1. The van der Waals surface area contributed by atoms with Crippen molar-refractivity contribution in [1.29, 1.82) is 0 Å². The molecule has 25 heavy (non-hydrogen) atoms. The molecule has 0 saturated carbocycles. The van der Waals surface area contributed by atoms with Crippen molar-refractivity contribution in [2.75, 3.05) is 13.2 Å². The molecule has 0 unspecified atom stereocenters. The minimum absolute atomic E-state index is 0.0336. The molecule has 2 aromatic carbocycles. The molecule has 1 aliphatic rings. The Morgan fingerprint density at radius 1 is 0.920 bits per heavy atom. The zero-order valence-electron chi connectivity index (χ0n) is 14.6. The summed E-state index contributed by atoms with van der Waals surface area (Å²) in [6.45, 7) is 6.92. The number of hydrogen-bond donors (Lipinski definition) is 0. The second kappa shape index (κ2) is 7.00. The topological polar surface area (TPSA) is 52.6 Å². The third-order valence-electron chi connectivity index (χ3n) is 4.29. The van der Waals surface area contributed by atoms with Gasteiger partial charge in [-0.2, -0.15) is 0 Å². The molecule has 6 heteroatoms. The zero-order valence-corrected chi connectivity index (χ0v) is 17.0. The van der Waals surface area contributed by atoms with E-state index in [2.05, 4.69) is 15.9 Å². The van der Waals surface area contributed by atoms with Crippen molar-refractivity contribution < 1.29 is 17.9 Å². The van der Waals surface area contributed by atoms with E-state index in [1.165, 1.54) is 0 Å². The van der Waals surface area contributed by atoms with Gasteiger partial charge in [0.15, 0.2) is 21.3 Å². The number of sulfone groups is 1. The van der Waals surface area contributed by atoms with Crippen molar-refractivity contribution in [3.63, 3.8) is 0 Å². The van der Waals surface area contributed by atoms with E-state index in [0.717, 1.165) is 26.7 Å². The monoisotopic (exact) mass is 424 g/mol. The maximum atomic E-state index is 12.8. The van der Waals surface area contributed by atoms with Crippen LogP contribution in [-0.2, 0) is 21.3 Å². The molecule has 0 radical (unpaired) electrons. The number of hydrogen-bond acceptors (Lipinski definition) is 4. The van der Waals surface area contributed by atoms with Crippen molar-refractivity contribution in [2.24, 2.45) is 0 Å². The molecule has 1 heterocycles. The van der Waals surface area contributed by atoms with Crippen LogP contribution in [0.3, 0.4) is 0 Å². The molecule has 0 amide bonds. The van der Waals surface area contributed by atoms with Crippen LogP contribution in [0.1, 0.15) is 27.8 Å². The fourth-order valence-corrected chi connectivity index (χ4v) is 5.52. The first-order chi connectivity index (χ1) is 11.7. The van der Waals surface area contributed by atoms with E-state index in [1.807, 2.05) is 32.9 Å². The van der Waals surface area contributed by atoms with Crippen molar-refractivity contribution in [1.82, 2.24) is 0 Å². The number of benzene rings is 2. The van der Waals surface area contributed by atoms with Crippen LogP contribution in [0.2, 0.25) is 0 Å². The van der Waals surface area contributed by atoms with Gasteiger partial charge in [-0.25, -0.2) is 8.42 Å². The molecule has 0 atom stereocenters. The van der Waals surface area contributed by atoms with Gasteiger partial charge in [-0.15, -0.1) is 0 Å². The maximum Gasteiger partial charge on any atom is 0.162 e. The highest BCUT2D eigenvalue weighted by molar-refractivity contribution is 9.10. The molecule has 1 aliphatic heterocycles. The number of ether oxygens (including phenoxy) is 2. The summed E-state index contributed by atoms with van der Waals surface area (Å²) in [6.07, 6.45) is 0. The predicted octanol–water partition coefficient (Wildman–Crippen LogP) is 4.26. The standard InChI is InChI=1S/C19H21BrO4S/c1-12-6-13(2)16(14(3)7-12)11-25(21,22)10-15-8-18-19(9-17(15)20)24-5-4-23-18/h6-9H,4-5,10-11H2,1-3H3. The normalized spacial score (nSPS) is 13.8. The Bertz CT molecular complexity index is 896. The Hall–Kier alpha value is -1.53. The van der Waals surface area contributed by atoms with E-state index in [4.69, 9.17) is 9.47 Å². The highest BCUT2D eigenvalue weighted by atomic mass is 79.9. The molecular weight excluding hydrogens is 404 g/mol. The van der Waals surface area contributed by atoms with Crippen LogP contribution in [0.5, 0.6) is 11.5 Å². The fourth-order valence-electron chi connectivity index (χ4n) is 3.16. The molecule has 0 saturated heterocycles. The molecular formula is C19H21BrO4S. The Morgan fingerprint density at radius 3 is 2.08 bits per heavy atom. The van der Waals surface area contributed by atoms with Gasteiger partial charge in [-0.1, -0.05) is 33.6 Å². The summed E-state index contributed by atoms with van der Waals surface area (Å²) in [7, 11) is -3.32. The molecule has 0 fully saturated rings. The van der Waals surface area contributed by atoms with Gasteiger partial charge < -0.3 is 9.47 Å². The summed E-state index contributed by atoms with van der Waals surface area (Å²) in [5.74, 6) is 1.23. The fraction of sp³-hybridized carbons (Fsp3) is 0.368. The Morgan fingerprint density at radius 2 is 1.48 bits per heavy atom. The largest absolute Gasteiger partial charge is 0.486 e. The quantitative estimate of drug-likeness (QED) is 0.735. The van der Waals surface area contributed by atoms with E-state index < -0.39 is 9.84 Å². The summed E-state index contributed by atoms with van der Waals surface area (Å²) in [4.78, 5) is 0. The van der Waals surface area contributed by atoms with Gasteiger partial charge in [0, 0.05) is 4.47 Å². The molecule has 0 aromatic heterocycles. The van der Waals surface area contributed by atoms with Gasteiger partial charge >= 0.3 is 0 Å². The predicted molar refractivity (Wildman–Crippen MR) is 102 cm³/mol. The minimum Gasteiger partial charge on any atom is -0.486 e. The van der Waals surface area contributed by atoms with Gasteiger partial charge in [0.25, 0.3) is 0 Å². The maximum absolute atomic E-state index is 12.8. The summed E-state index contributed by atoms with van der Waals surface area (Å²) in [6, 6.07) is 7.59. The molecule has 4 nitrogen and oxygen atoms in total. The van der Waals surface area contributed by atoms with Gasteiger partial charge in [-0.3, -0.25) is 0 Å². The second-order valence-electron chi connectivity index (χ2n) is 6.50. The lowest BCUT2D eigenvalue weighted by Gasteiger charge is -2.20. The SMILES string of the molecule is Cc1cc(C)c(CS(=O)(=O)Cc2cc3c(cc2Br)OCCO3)c(C)c1. The van der Waals surface area contributed by atoms with E-state index in [0.29, 0.717) is 30.3 Å². The Labute approximate surface area is 157 Å². The van der Waals surface area contributed by atoms with Gasteiger partial charge in [0.1, 0.15) is 13.2 Å². The first kappa shape index (κ1) is 18.3. The average molecular weight is 425 g/mol. The molecule has 3 rings (SSSR count). The van der Waals surface area contributed by atoms with Gasteiger partial charge in [0.05, 0.1) is 11.5 Å². The Balaban J connectivity index is 1.87. The Kier molecular flexibility index (Phi) is 5.11. The summed E-state index contributed by atoms with van der Waals surface area (Å²) in [5, 5.41) is 0. The van der Waals surface area contributed by atoms with E-state index >= 15 is 0 Å². The van der Waals surface area contributed by atoms with E-state index in [9.17, 15) is 8.42 Å². The highest BCUT2D eigenvalue weighted by Crippen LogP contribution is 2.36. The van der Waals surface area contributed by atoms with Gasteiger partial charge in [-0.05, 0) is 55.2 Å². The summed E-state index contributed by atoms with van der Waals surface area (Å²) < 4.78 is 37.4. The van der Waals surface area contributed by atoms with Crippen molar-refractivity contribution in [2.45, 2.75) is 32.3 Å². The first-order valence-corrected chi connectivity index (χ1v) is 10.7. The minimum atomic E-state index is -3.32. The van der Waals surface area contributed by atoms with Crippen molar-refractivity contribution >= 4 is 25.8 Å². The molecule has 0 spiro atoms. The average Bonchev–Trinajstić information content (AvgIpc) is 2.51. The van der Waals surface area contributed by atoms with Crippen LogP contribution in [0.15, 0.2) is 28.7 Å². The van der Waals surface area contributed by atoms with Crippen LogP contribution in [0, 0.1) is 20.8 Å². The van der Waals surface area contributed by atoms with Crippen LogP contribution in [0.25, 0.3) is 0 Å². The number of aryl methyl sites for hydroxylation is 3. The first-order valence-electron chi connectivity index (χ1n) is 8.10. The summed E-state index contributed by atoms with van der Waals surface area (Å²) >= 11 is 3.45. The lowest BCUT2D eigenvalue weighted by atomic mass is 10.0.